The summed E-state index contributed by atoms with van der Waals surface area (Å²) in [5.74, 6) is -0.141. The number of amides is 1. The molecule has 1 aliphatic rings. The largest absolute Gasteiger partial charge is 0.507 e. The third-order valence-corrected chi connectivity index (χ3v) is 5.98. The van der Waals surface area contributed by atoms with Crippen molar-refractivity contribution in [1.82, 2.24) is 4.90 Å². The number of nitrogens with zero attached hydrogens (tertiary/aromatic N) is 1. The van der Waals surface area contributed by atoms with Gasteiger partial charge in [0.2, 0.25) is 0 Å². The molecule has 0 aromatic heterocycles. The molecule has 1 heterocycles. The number of aliphatic hydroxyl groups is 1. The zero-order chi connectivity index (χ0) is 25.1. The minimum Gasteiger partial charge on any atom is -0.507 e. The Hall–Kier alpha value is -4.06. The Labute approximate surface area is 205 Å². The molecule has 1 N–H and O–H groups in total. The molecule has 0 saturated carbocycles. The van der Waals surface area contributed by atoms with Crippen LogP contribution in [0, 0.1) is 6.92 Å². The lowest BCUT2D eigenvalue weighted by Crippen LogP contribution is -2.29. The van der Waals surface area contributed by atoms with E-state index in [2.05, 4.69) is 0 Å². The number of benzene rings is 3. The Kier molecular flexibility index (Phi) is 6.92. The molecule has 6 nitrogen and oxygen atoms in total. The first-order valence-corrected chi connectivity index (χ1v) is 11.5. The van der Waals surface area contributed by atoms with E-state index in [4.69, 9.17) is 9.47 Å². The highest BCUT2D eigenvalue weighted by molar-refractivity contribution is 6.46. The van der Waals surface area contributed by atoms with E-state index in [0.29, 0.717) is 17.1 Å². The molecular formula is C29H29NO5. The second-order valence-corrected chi connectivity index (χ2v) is 8.83. The maximum atomic E-state index is 13.2. The van der Waals surface area contributed by atoms with E-state index in [1.165, 1.54) is 4.90 Å². The van der Waals surface area contributed by atoms with Gasteiger partial charge in [-0.25, -0.2) is 0 Å². The molecule has 3 aromatic rings. The summed E-state index contributed by atoms with van der Waals surface area (Å²) in [7, 11) is 1.59. The summed E-state index contributed by atoms with van der Waals surface area (Å²) in [6, 6.07) is 21.2. The van der Waals surface area contributed by atoms with E-state index in [1.54, 1.807) is 25.3 Å². The fourth-order valence-electron chi connectivity index (χ4n) is 4.29. The normalized spacial score (nSPS) is 17.2. The van der Waals surface area contributed by atoms with Crippen LogP contribution in [0.1, 0.15) is 42.1 Å². The molecule has 0 bridgehead atoms. The number of ether oxygens (including phenoxy) is 2. The van der Waals surface area contributed by atoms with Crippen molar-refractivity contribution >= 4 is 17.4 Å². The Morgan fingerprint density at radius 2 is 1.69 bits per heavy atom. The first-order valence-electron chi connectivity index (χ1n) is 11.5. The van der Waals surface area contributed by atoms with Crippen molar-refractivity contribution in [1.29, 1.82) is 0 Å². The first kappa shape index (κ1) is 24.1. The van der Waals surface area contributed by atoms with Gasteiger partial charge in [-0.2, -0.15) is 0 Å². The highest BCUT2D eigenvalue weighted by Crippen LogP contribution is 2.40. The minimum absolute atomic E-state index is 0.00880. The zero-order valence-electron chi connectivity index (χ0n) is 20.3. The Bertz CT molecular complexity index is 1260. The van der Waals surface area contributed by atoms with E-state index in [-0.39, 0.29) is 24.0 Å². The third-order valence-electron chi connectivity index (χ3n) is 5.98. The van der Waals surface area contributed by atoms with Gasteiger partial charge in [-0.1, -0.05) is 42.5 Å². The van der Waals surface area contributed by atoms with Crippen LogP contribution in [0.2, 0.25) is 0 Å². The van der Waals surface area contributed by atoms with Gasteiger partial charge in [-0.05, 0) is 67.8 Å². The van der Waals surface area contributed by atoms with Crippen LogP contribution < -0.4 is 9.47 Å². The Balaban J connectivity index is 1.78. The van der Waals surface area contributed by atoms with Crippen molar-refractivity contribution in [3.05, 3.63) is 101 Å². The molecule has 1 atom stereocenters. The number of methoxy groups -OCH3 is 1. The zero-order valence-corrected chi connectivity index (χ0v) is 20.3. The van der Waals surface area contributed by atoms with Crippen molar-refractivity contribution in [2.75, 3.05) is 7.11 Å². The molecule has 0 radical (unpaired) electrons. The summed E-state index contributed by atoms with van der Waals surface area (Å²) < 4.78 is 11.0. The van der Waals surface area contributed by atoms with E-state index < -0.39 is 17.7 Å². The molecule has 35 heavy (non-hydrogen) atoms. The van der Waals surface area contributed by atoms with Crippen LogP contribution in [0.4, 0.5) is 0 Å². The number of rotatable bonds is 7. The second kappa shape index (κ2) is 10.1. The standard InChI is InChI=1S/C29H29NO5/c1-18(2)35-24-15-12-22(16-19(24)3)27(31)25-26(21-8-6-5-7-9-21)30(29(33)28(25)32)17-20-10-13-23(34-4)14-11-20/h5-16,18,26,31H,17H2,1-4H3/b27-25-. The maximum Gasteiger partial charge on any atom is 0.295 e. The predicted molar refractivity (Wildman–Crippen MR) is 134 cm³/mol. The van der Waals surface area contributed by atoms with Crippen LogP contribution in [0.3, 0.4) is 0 Å². The molecular weight excluding hydrogens is 442 g/mol. The van der Waals surface area contributed by atoms with E-state index >= 15 is 0 Å². The number of hydrogen-bond donors (Lipinski definition) is 1. The number of aryl methyl sites for hydroxylation is 1. The fraction of sp³-hybridized carbons (Fsp3) is 0.241. The van der Waals surface area contributed by atoms with E-state index in [0.717, 1.165) is 16.7 Å². The van der Waals surface area contributed by atoms with E-state index in [1.807, 2.05) is 75.4 Å². The van der Waals surface area contributed by atoms with Gasteiger partial charge in [0.05, 0.1) is 24.8 Å². The van der Waals surface area contributed by atoms with Crippen LogP contribution in [0.5, 0.6) is 11.5 Å². The summed E-state index contributed by atoms with van der Waals surface area (Å²) in [4.78, 5) is 27.9. The average Bonchev–Trinajstić information content (AvgIpc) is 3.10. The molecule has 1 aliphatic heterocycles. The topological polar surface area (TPSA) is 76.1 Å². The third kappa shape index (κ3) is 4.92. The summed E-state index contributed by atoms with van der Waals surface area (Å²) in [6.07, 6.45) is 0.00880. The second-order valence-electron chi connectivity index (χ2n) is 8.83. The van der Waals surface area contributed by atoms with Gasteiger partial charge in [0.1, 0.15) is 17.3 Å². The molecule has 1 amide bonds. The maximum absolute atomic E-state index is 13.2. The van der Waals surface area contributed by atoms with Crippen LogP contribution in [0.15, 0.2) is 78.4 Å². The Morgan fingerprint density at radius 3 is 2.29 bits per heavy atom. The molecule has 4 rings (SSSR count). The van der Waals surface area contributed by atoms with Gasteiger partial charge in [0, 0.05) is 12.1 Å². The van der Waals surface area contributed by atoms with Gasteiger partial charge in [-0.15, -0.1) is 0 Å². The Morgan fingerprint density at radius 1 is 1.00 bits per heavy atom. The van der Waals surface area contributed by atoms with Gasteiger partial charge in [0.25, 0.3) is 11.7 Å². The molecule has 1 saturated heterocycles. The van der Waals surface area contributed by atoms with Crippen molar-refractivity contribution in [2.45, 2.75) is 39.5 Å². The number of hydrogen-bond acceptors (Lipinski definition) is 5. The van der Waals surface area contributed by atoms with Crippen molar-refractivity contribution in [2.24, 2.45) is 0 Å². The number of aliphatic hydroxyl groups excluding tert-OH is 1. The predicted octanol–water partition coefficient (Wildman–Crippen LogP) is 5.41. The van der Waals surface area contributed by atoms with Crippen molar-refractivity contribution in [3.63, 3.8) is 0 Å². The van der Waals surface area contributed by atoms with Crippen LogP contribution in [0.25, 0.3) is 5.76 Å². The lowest BCUT2D eigenvalue weighted by molar-refractivity contribution is -0.140. The summed E-state index contributed by atoms with van der Waals surface area (Å²) in [5.41, 5.74) is 2.96. The summed E-state index contributed by atoms with van der Waals surface area (Å²) in [5, 5.41) is 11.3. The first-order chi connectivity index (χ1) is 16.8. The average molecular weight is 472 g/mol. The number of ketones is 1. The monoisotopic (exact) mass is 471 g/mol. The molecule has 3 aromatic carbocycles. The van der Waals surface area contributed by atoms with E-state index in [9.17, 15) is 14.7 Å². The van der Waals surface area contributed by atoms with Crippen LogP contribution in [-0.4, -0.2) is 34.9 Å². The molecule has 1 unspecified atom stereocenters. The highest BCUT2D eigenvalue weighted by atomic mass is 16.5. The van der Waals surface area contributed by atoms with Gasteiger partial charge in [-0.3, -0.25) is 9.59 Å². The number of likely N-dealkylation sites (tertiary alicyclic amines) is 1. The van der Waals surface area contributed by atoms with Crippen LogP contribution >= 0.6 is 0 Å². The van der Waals surface area contributed by atoms with Gasteiger partial charge >= 0.3 is 0 Å². The number of carbonyl (C=O) groups is 2. The fourth-order valence-corrected chi connectivity index (χ4v) is 4.29. The summed E-state index contributed by atoms with van der Waals surface area (Å²) in [6.45, 7) is 5.98. The van der Waals surface area contributed by atoms with Gasteiger partial charge in [0.15, 0.2) is 0 Å². The lowest BCUT2D eigenvalue weighted by Gasteiger charge is -2.25. The smallest absolute Gasteiger partial charge is 0.295 e. The number of carbonyl (C=O) groups excluding carboxylic acids is 2. The van der Waals surface area contributed by atoms with Crippen molar-refractivity contribution < 1.29 is 24.2 Å². The quantitative estimate of drug-likeness (QED) is 0.283. The molecule has 0 aliphatic carbocycles. The molecule has 180 valence electrons. The molecule has 1 fully saturated rings. The highest BCUT2D eigenvalue weighted by Gasteiger charge is 2.46. The molecule has 0 spiro atoms. The lowest BCUT2D eigenvalue weighted by atomic mass is 9.94. The van der Waals surface area contributed by atoms with Gasteiger partial charge < -0.3 is 19.5 Å². The summed E-state index contributed by atoms with van der Waals surface area (Å²) >= 11 is 0. The minimum atomic E-state index is -0.717. The van der Waals surface area contributed by atoms with Crippen LogP contribution in [-0.2, 0) is 16.1 Å². The SMILES string of the molecule is COc1ccc(CN2C(=O)C(=O)/C(=C(\O)c3ccc(OC(C)C)c(C)c3)C2c2ccccc2)cc1. The van der Waals surface area contributed by atoms with Crippen molar-refractivity contribution in [3.8, 4) is 11.5 Å². The molecule has 6 heteroatoms. The number of Topliss-reactive ketones (excluding diaryl/α,β-unsaturated/α-hetero) is 1.